The number of aryl methyl sites for hydroxylation is 1. The van der Waals surface area contributed by atoms with E-state index in [1.165, 1.54) is 23.1 Å². The van der Waals surface area contributed by atoms with E-state index in [2.05, 4.69) is 98.8 Å². The zero-order chi connectivity index (χ0) is 33.9. The van der Waals surface area contributed by atoms with Gasteiger partial charge in [0.15, 0.2) is 0 Å². The lowest BCUT2D eigenvalue weighted by molar-refractivity contribution is 0.733. The molecule has 40 heavy (non-hydrogen) atoms. The minimum atomic E-state index is 0.416. The third-order valence-corrected chi connectivity index (χ3v) is 4.24. The maximum Gasteiger partial charge on any atom is 0.0382 e. The number of benzene rings is 1. The van der Waals surface area contributed by atoms with Crippen molar-refractivity contribution >= 4 is 12.4 Å². The Balaban J connectivity index is -0.0000000567. The van der Waals surface area contributed by atoms with E-state index in [9.17, 15) is 0 Å². The minimum absolute atomic E-state index is 0.416. The summed E-state index contributed by atoms with van der Waals surface area (Å²) >= 11 is 0. The van der Waals surface area contributed by atoms with Gasteiger partial charge in [0.25, 0.3) is 0 Å². The molecule has 240 valence electrons. The Hall–Kier alpha value is -2.26. The molecule has 0 aliphatic carbocycles. The summed E-state index contributed by atoms with van der Waals surface area (Å²) < 4.78 is 0. The van der Waals surface area contributed by atoms with Crippen molar-refractivity contribution in [1.82, 2.24) is 5.32 Å². The minimum Gasteiger partial charge on any atom is -0.323 e. The van der Waals surface area contributed by atoms with Crippen LogP contribution in [0.1, 0.15) is 127 Å². The number of nitrogens with zero attached hydrogens (tertiary/aromatic N) is 2. The Kier molecular flexibility index (Phi) is 87.8. The number of hydrogen-bond donors (Lipinski definition) is 1. The topological polar surface area (TPSA) is 36.8 Å². The maximum absolute atomic E-state index is 4.13. The fourth-order valence-corrected chi connectivity index (χ4v) is 2.10. The molecule has 0 saturated heterocycles. The molecule has 2 atom stereocenters. The van der Waals surface area contributed by atoms with Crippen LogP contribution >= 0.6 is 0 Å². The Labute approximate surface area is 256 Å². The van der Waals surface area contributed by atoms with Gasteiger partial charge in [-0.3, -0.25) is 4.99 Å². The van der Waals surface area contributed by atoms with Gasteiger partial charge in [0.2, 0.25) is 0 Å². The predicted molar refractivity (Wildman–Crippen MR) is 198 cm³/mol. The van der Waals surface area contributed by atoms with Crippen LogP contribution in [-0.4, -0.2) is 40.6 Å². The molecule has 0 amide bonds. The zero-order valence-electron chi connectivity index (χ0n) is 31.3. The van der Waals surface area contributed by atoms with E-state index in [0.29, 0.717) is 11.8 Å². The Morgan fingerprint density at radius 1 is 0.925 bits per heavy atom. The largest absolute Gasteiger partial charge is 0.323 e. The molecule has 0 aromatic heterocycles. The quantitative estimate of drug-likeness (QED) is 0.208. The van der Waals surface area contributed by atoms with Crippen molar-refractivity contribution in [2.75, 3.05) is 28.2 Å². The van der Waals surface area contributed by atoms with Crippen molar-refractivity contribution in [2.24, 2.45) is 15.9 Å². The summed E-state index contributed by atoms with van der Waals surface area (Å²) in [6, 6.07) is 8.76. The number of allylic oxidation sites excluding steroid dienone is 5. The van der Waals surface area contributed by atoms with Crippen LogP contribution < -0.4 is 5.32 Å². The average Bonchev–Trinajstić information content (AvgIpc) is 3.02. The van der Waals surface area contributed by atoms with Crippen LogP contribution in [0, 0.1) is 12.8 Å². The van der Waals surface area contributed by atoms with Gasteiger partial charge in [0, 0.05) is 19.8 Å². The molecule has 1 rings (SSSR count). The van der Waals surface area contributed by atoms with E-state index in [1.54, 1.807) is 7.05 Å². The molecule has 2 unspecified atom stereocenters. The number of hydrogen-bond acceptors (Lipinski definition) is 3. The highest BCUT2D eigenvalue weighted by molar-refractivity contribution is 6.00. The summed E-state index contributed by atoms with van der Waals surface area (Å²) in [4.78, 5) is 7.38. The van der Waals surface area contributed by atoms with E-state index in [-0.39, 0.29) is 0 Å². The highest BCUT2D eigenvalue weighted by atomic mass is 14.7. The summed E-state index contributed by atoms with van der Waals surface area (Å²) in [5.41, 5.74) is 5.07. The van der Waals surface area contributed by atoms with Crippen LogP contribution in [-0.2, 0) is 0 Å². The second-order valence-corrected chi connectivity index (χ2v) is 7.05. The molecule has 0 aliphatic heterocycles. The van der Waals surface area contributed by atoms with Gasteiger partial charge in [-0.15, -0.1) is 6.58 Å². The van der Waals surface area contributed by atoms with Crippen molar-refractivity contribution in [2.45, 2.75) is 123 Å². The van der Waals surface area contributed by atoms with Crippen LogP contribution in [0.25, 0.3) is 0 Å². The highest BCUT2D eigenvalue weighted by Gasteiger charge is 2.00. The lowest BCUT2D eigenvalue weighted by Gasteiger charge is -2.08. The van der Waals surface area contributed by atoms with Crippen molar-refractivity contribution < 1.29 is 0 Å². The van der Waals surface area contributed by atoms with Gasteiger partial charge in [-0.25, -0.2) is 0 Å². The van der Waals surface area contributed by atoms with E-state index in [0.717, 1.165) is 5.71 Å². The predicted octanol–water partition coefficient (Wildman–Crippen LogP) is 12.2. The molecule has 0 radical (unpaired) electrons. The van der Waals surface area contributed by atoms with Crippen molar-refractivity contribution in [1.29, 1.82) is 0 Å². The number of nitrogens with one attached hydrogen (secondary N) is 1. The van der Waals surface area contributed by atoms with E-state index < -0.39 is 0 Å². The second kappa shape index (κ2) is 61.0. The molecule has 0 saturated carbocycles. The zero-order valence-corrected chi connectivity index (χ0v) is 31.3. The number of aliphatic imine (C=N–C) groups is 2. The smallest absolute Gasteiger partial charge is 0.0382 e. The van der Waals surface area contributed by atoms with E-state index in [1.807, 2.05) is 110 Å². The van der Waals surface area contributed by atoms with Crippen LogP contribution in [0.15, 0.2) is 70.7 Å². The lowest BCUT2D eigenvalue weighted by Crippen LogP contribution is -1.94. The van der Waals surface area contributed by atoms with Gasteiger partial charge in [0.05, 0.1) is 0 Å². The van der Waals surface area contributed by atoms with Gasteiger partial charge in [0.1, 0.15) is 0 Å². The van der Waals surface area contributed by atoms with Gasteiger partial charge in [-0.05, 0) is 71.0 Å². The molecular formula is C37H77N3. The summed E-state index contributed by atoms with van der Waals surface area (Å²) in [6.45, 7) is 39.6. The standard InChI is InChI=1S/C12H19N.C11H16.C2H7N.C2H5N.5C2H6/c1-6-10(3)8-9-12(7-2)11(4)13-5;1-4-10(3)11-7-5-6-9(2)8-11;2*1-3-2;5*1-2/h6-10H,1H2,2-5H3;5-8,10H,4H2,1-3H3;3H,1-2H3;1H2,2H3;5*1-2H3/b9-8?,12-7+,13-11?;;;;;;;;. The fourth-order valence-electron chi connectivity index (χ4n) is 2.10. The summed E-state index contributed by atoms with van der Waals surface area (Å²) in [5, 5.41) is 2.75. The molecule has 0 bridgehead atoms. The van der Waals surface area contributed by atoms with Gasteiger partial charge in [-0.2, -0.15) is 0 Å². The molecule has 0 aliphatic rings. The summed E-state index contributed by atoms with van der Waals surface area (Å²) in [5.74, 6) is 1.12. The molecule has 1 aromatic carbocycles. The molecular weight excluding hydrogens is 486 g/mol. The van der Waals surface area contributed by atoms with Crippen LogP contribution in [0.5, 0.6) is 0 Å². The molecule has 1 aromatic rings. The monoisotopic (exact) mass is 564 g/mol. The normalized spacial score (nSPS) is 10.4. The maximum atomic E-state index is 4.13. The molecule has 0 heterocycles. The first-order valence-electron chi connectivity index (χ1n) is 15.6. The van der Waals surface area contributed by atoms with Gasteiger partial charge in [-0.1, -0.05) is 144 Å². The van der Waals surface area contributed by atoms with Crippen molar-refractivity contribution in [3.63, 3.8) is 0 Å². The first-order chi connectivity index (χ1) is 19.2. The molecule has 1 N–H and O–H groups in total. The lowest BCUT2D eigenvalue weighted by atomic mass is 9.97. The van der Waals surface area contributed by atoms with Crippen LogP contribution in [0.4, 0.5) is 0 Å². The van der Waals surface area contributed by atoms with E-state index >= 15 is 0 Å². The summed E-state index contributed by atoms with van der Waals surface area (Å²) in [7, 11) is 7.20. The Morgan fingerprint density at radius 3 is 1.60 bits per heavy atom. The molecule has 0 fully saturated rings. The average molecular weight is 564 g/mol. The number of rotatable bonds is 6. The first kappa shape index (κ1) is 57.6. The van der Waals surface area contributed by atoms with Gasteiger partial charge >= 0.3 is 0 Å². The molecule has 3 nitrogen and oxygen atoms in total. The van der Waals surface area contributed by atoms with Gasteiger partial charge < -0.3 is 10.3 Å². The molecule has 0 spiro atoms. The Bertz CT molecular complexity index is 641. The SMILES string of the molecule is C=CC(C)C=C/C(=C\C)C(C)=NC.C=NC.CC.CC.CC.CC.CC.CCC(C)c1cccc(C)c1.CNC. The molecule has 3 heteroatoms. The highest BCUT2D eigenvalue weighted by Crippen LogP contribution is 2.18. The Morgan fingerprint density at radius 2 is 1.32 bits per heavy atom. The summed E-state index contributed by atoms with van der Waals surface area (Å²) in [6.07, 6.45) is 9.42. The fraction of sp³-hybridized carbons (Fsp3) is 0.622. The van der Waals surface area contributed by atoms with Crippen molar-refractivity contribution in [3.8, 4) is 0 Å². The third kappa shape index (κ3) is 52.2. The van der Waals surface area contributed by atoms with Crippen LogP contribution in [0.3, 0.4) is 0 Å². The van der Waals surface area contributed by atoms with E-state index in [4.69, 9.17) is 0 Å². The van der Waals surface area contributed by atoms with Crippen LogP contribution in [0.2, 0.25) is 0 Å². The third-order valence-electron chi connectivity index (χ3n) is 4.24. The second-order valence-electron chi connectivity index (χ2n) is 7.05. The van der Waals surface area contributed by atoms with Crippen molar-refractivity contribution in [3.05, 3.63) is 71.8 Å². The first-order valence-corrected chi connectivity index (χ1v) is 15.6.